The molecule has 13 rings (SSSR count). The summed E-state index contributed by atoms with van der Waals surface area (Å²) in [5.74, 6) is 0. The molecule has 0 N–H and O–H groups in total. The predicted molar refractivity (Wildman–Crippen MR) is 290 cm³/mol. The van der Waals surface area contributed by atoms with Crippen molar-refractivity contribution in [3.8, 4) is 50.2 Å². The fourth-order valence-electron chi connectivity index (χ4n) is 10.6. The van der Waals surface area contributed by atoms with E-state index in [4.69, 9.17) is 0 Å². The average Bonchev–Trinajstić information content (AvgIpc) is 3.75. The first-order valence-corrected chi connectivity index (χ1v) is 23.4. The summed E-state index contributed by atoms with van der Waals surface area (Å²) in [6.07, 6.45) is 0. The number of para-hydroxylation sites is 3. The van der Waals surface area contributed by atoms with Crippen molar-refractivity contribution in [1.29, 1.82) is 0 Å². The van der Waals surface area contributed by atoms with Gasteiger partial charge >= 0.3 is 0 Å². The van der Waals surface area contributed by atoms with Gasteiger partial charge in [0.2, 0.25) is 0 Å². The molecule has 0 atom stereocenters. The molecule has 2 nitrogen and oxygen atoms in total. The number of anilines is 3. The Bertz CT molecular complexity index is 3990. The Hall–Kier alpha value is -8.98. The number of hydrogen-bond donors (Lipinski definition) is 0. The Kier molecular flexibility index (Phi) is 9.54. The SMILES string of the molecule is c1ccc(-c2ccc(-c3cccc(N(c4ccccc4-c4ccc5ccccc5c4)c4ccc(-c5cccc6ccccc56)c5ccccc45)c3)cc2-n2c3ccccc3c3ccccc32)cc1. The normalized spacial score (nSPS) is 11.5. The molecule has 12 aromatic carbocycles. The summed E-state index contributed by atoms with van der Waals surface area (Å²) in [6, 6.07) is 97.7. The minimum Gasteiger partial charge on any atom is -0.309 e. The second-order valence-corrected chi connectivity index (χ2v) is 17.6. The standard InChI is InChI=1S/C66H44N2/c1-2-19-47(20-3-1)55-39-38-50(44-66(55)68-63-34-14-11-30-60(63)61-31-12-15-35-64(61)68)49-24-16-25-52(43-49)67(62-33-13-10-27-54(62)51-37-36-45-18-4-5-22-48(45)42-51)65-41-40-58(57-28-8-9-29-59(57)65)56-32-17-23-46-21-6-7-26-53(46)56/h1-44H. The van der Waals surface area contributed by atoms with Gasteiger partial charge in [-0.05, 0) is 109 Å². The predicted octanol–water partition coefficient (Wildman–Crippen LogP) is 18.4. The number of benzene rings is 12. The van der Waals surface area contributed by atoms with Crippen LogP contribution < -0.4 is 4.90 Å². The van der Waals surface area contributed by atoms with E-state index in [0.717, 1.165) is 39.4 Å². The van der Waals surface area contributed by atoms with Gasteiger partial charge < -0.3 is 9.47 Å². The van der Waals surface area contributed by atoms with Gasteiger partial charge in [-0.1, -0.05) is 218 Å². The summed E-state index contributed by atoms with van der Waals surface area (Å²) in [5.41, 5.74) is 16.2. The van der Waals surface area contributed by atoms with Crippen LogP contribution in [-0.4, -0.2) is 4.57 Å². The van der Waals surface area contributed by atoms with Crippen LogP contribution in [-0.2, 0) is 0 Å². The maximum absolute atomic E-state index is 2.48. The van der Waals surface area contributed by atoms with Gasteiger partial charge in [-0.3, -0.25) is 0 Å². The van der Waals surface area contributed by atoms with E-state index in [-0.39, 0.29) is 0 Å². The van der Waals surface area contributed by atoms with E-state index >= 15 is 0 Å². The van der Waals surface area contributed by atoms with Gasteiger partial charge in [0.15, 0.2) is 0 Å². The first kappa shape index (κ1) is 39.4. The topological polar surface area (TPSA) is 8.17 Å². The van der Waals surface area contributed by atoms with E-state index in [2.05, 4.69) is 276 Å². The molecular formula is C66H44N2. The zero-order valence-electron chi connectivity index (χ0n) is 37.3. The molecule has 0 saturated heterocycles. The van der Waals surface area contributed by atoms with E-state index in [1.807, 2.05) is 0 Å². The molecule has 0 bridgehead atoms. The number of nitrogens with zero attached hydrogens (tertiary/aromatic N) is 2. The van der Waals surface area contributed by atoms with Crippen molar-refractivity contribution in [2.75, 3.05) is 4.90 Å². The molecule has 0 fully saturated rings. The van der Waals surface area contributed by atoms with E-state index in [9.17, 15) is 0 Å². The maximum Gasteiger partial charge on any atom is 0.0546 e. The van der Waals surface area contributed by atoms with Crippen molar-refractivity contribution >= 4 is 71.2 Å². The van der Waals surface area contributed by atoms with Crippen molar-refractivity contribution in [3.05, 3.63) is 267 Å². The first-order chi connectivity index (χ1) is 33.7. The molecule has 0 unspecified atom stereocenters. The lowest BCUT2D eigenvalue weighted by atomic mass is 9.92. The van der Waals surface area contributed by atoms with Crippen LogP contribution in [0.25, 0.3) is 104 Å². The van der Waals surface area contributed by atoms with Crippen LogP contribution in [0.5, 0.6) is 0 Å². The van der Waals surface area contributed by atoms with E-state index in [0.29, 0.717) is 0 Å². The smallest absolute Gasteiger partial charge is 0.0546 e. The minimum absolute atomic E-state index is 1.07. The molecule has 0 aliphatic heterocycles. The second-order valence-electron chi connectivity index (χ2n) is 17.6. The molecule has 13 aromatic rings. The molecule has 0 aliphatic carbocycles. The summed E-state index contributed by atoms with van der Waals surface area (Å²) in [4.78, 5) is 2.48. The average molecular weight is 865 g/mol. The van der Waals surface area contributed by atoms with Gasteiger partial charge in [0.1, 0.15) is 0 Å². The molecule has 68 heavy (non-hydrogen) atoms. The van der Waals surface area contributed by atoms with E-state index < -0.39 is 0 Å². The van der Waals surface area contributed by atoms with Crippen molar-refractivity contribution in [2.24, 2.45) is 0 Å². The number of aromatic nitrogens is 1. The van der Waals surface area contributed by atoms with Crippen LogP contribution in [0.15, 0.2) is 267 Å². The molecule has 1 aromatic heterocycles. The molecule has 0 aliphatic rings. The number of fused-ring (bicyclic) bond motifs is 6. The summed E-state index contributed by atoms with van der Waals surface area (Å²) >= 11 is 0. The van der Waals surface area contributed by atoms with Crippen LogP contribution in [0.4, 0.5) is 17.1 Å². The van der Waals surface area contributed by atoms with Crippen LogP contribution in [0.1, 0.15) is 0 Å². The van der Waals surface area contributed by atoms with Crippen LogP contribution in [0.2, 0.25) is 0 Å². The summed E-state index contributed by atoms with van der Waals surface area (Å²) in [7, 11) is 0. The van der Waals surface area contributed by atoms with E-state index in [1.54, 1.807) is 0 Å². The lowest BCUT2D eigenvalue weighted by Gasteiger charge is -2.30. The Balaban J connectivity index is 1.04. The highest BCUT2D eigenvalue weighted by Gasteiger charge is 2.23. The van der Waals surface area contributed by atoms with Crippen LogP contribution in [0, 0.1) is 0 Å². The highest BCUT2D eigenvalue weighted by atomic mass is 15.1. The Morgan fingerprint density at radius 3 is 1.60 bits per heavy atom. The van der Waals surface area contributed by atoms with Crippen molar-refractivity contribution in [2.45, 2.75) is 0 Å². The van der Waals surface area contributed by atoms with Crippen LogP contribution in [0.3, 0.4) is 0 Å². The highest BCUT2D eigenvalue weighted by molar-refractivity contribution is 6.12. The molecule has 0 amide bonds. The number of hydrogen-bond acceptors (Lipinski definition) is 1. The third kappa shape index (κ3) is 6.65. The molecular weight excluding hydrogens is 821 g/mol. The van der Waals surface area contributed by atoms with E-state index in [1.165, 1.54) is 81.9 Å². The van der Waals surface area contributed by atoms with Gasteiger partial charge in [0, 0.05) is 33.0 Å². The number of rotatable bonds is 8. The third-order valence-electron chi connectivity index (χ3n) is 13.8. The van der Waals surface area contributed by atoms with Gasteiger partial charge in [0.05, 0.1) is 28.1 Å². The molecule has 0 radical (unpaired) electrons. The Morgan fingerprint density at radius 1 is 0.250 bits per heavy atom. The quantitative estimate of drug-likeness (QED) is 0.148. The molecule has 2 heteroatoms. The monoisotopic (exact) mass is 864 g/mol. The maximum atomic E-state index is 2.48. The third-order valence-corrected chi connectivity index (χ3v) is 13.8. The minimum atomic E-state index is 1.07. The fraction of sp³-hybridized carbons (Fsp3) is 0. The van der Waals surface area contributed by atoms with Crippen molar-refractivity contribution in [3.63, 3.8) is 0 Å². The Morgan fingerprint density at radius 2 is 0.794 bits per heavy atom. The molecule has 1 heterocycles. The zero-order chi connectivity index (χ0) is 45.0. The van der Waals surface area contributed by atoms with Gasteiger partial charge in [-0.25, -0.2) is 0 Å². The van der Waals surface area contributed by atoms with Gasteiger partial charge in [-0.15, -0.1) is 0 Å². The second kappa shape index (κ2) is 16.5. The van der Waals surface area contributed by atoms with Crippen molar-refractivity contribution in [1.82, 2.24) is 4.57 Å². The lowest BCUT2D eigenvalue weighted by molar-refractivity contribution is 1.18. The Labute approximate surface area is 395 Å². The van der Waals surface area contributed by atoms with Gasteiger partial charge in [0.25, 0.3) is 0 Å². The highest BCUT2D eigenvalue weighted by Crippen LogP contribution is 2.47. The lowest BCUT2D eigenvalue weighted by Crippen LogP contribution is -2.12. The summed E-state index contributed by atoms with van der Waals surface area (Å²) in [5, 5.41) is 9.80. The summed E-state index contributed by atoms with van der Waals surface area (Å²) in [6.45, 7) is 0. The zero-order valence-corrected chi connectivity index (χ0v) is 37.3. The van der Waals surface area contributed by atoms with Crippen molar-refractivity contribution < 1.29 is 0 Å². The first-order valence-electron chi connectivity index (χ1n) is 23.4. The fourth-order valence-corrected chi connectivity index (χ4v) is 10.6. The summed E-state index contributed by atoms with van der Waals surface area (Å²) < 4.78 is 2.45. The molecule has 0 saturated carbocycles. The molecule has 0 spiro atoms. The van der Waals surface area contributed by atoms with Gasteiger partial charge in [-0.2, -0.15) is 0 Å². The van der Waals surface area contributed by atoms with Crippen LogP contribution >= 0.6 is 0 Å². The molecule has 318 valence electrons. The largest absolute Gasteiger partial charge is 0.309 e.